The Morgan fingerprint density at radius 1 is 1.00 bits per heavy atom. The molecule has 1 N–H and O–H groups in total. The number of hydrogen-bond acceptors (Lipinski definition) is 6. The van der Waals surface area contributed by atoms with Gasteiger partial charge in [-0.05, 0) is 74.4 Å². The number of aryl methyl sites for hydroxylation is 1. The van der Waals surface area contributed by atoms with Crippen molar-refractivity contribution in [3.05, 3.63) is 83.4 Å². The van der Waals surface area contributed by atoms with Crippen LogP contribution in [-0.2, 0) is 9.53 Å². The van der Waals surface area contributed by atoms with Gasteiger partial charge >= 0.3 is 0 Å². The Morgan fingerprint density at radius 3 is 2.44 bits per heavy atom. The predicted octanol–water partition coefficient (Wildman–Crippen LogP) is 5.29. The highest BCUT2D eigenvalue weighted by Gasteiger charge is 2.37. The van der Waals surface area contributed by atoms with E-state index < -0.39 is 0 Å². The van der Waals surface area contributed by atoms with Gasteiger partial charge in [0.05, 0.1) is 29.5 Å². The van der Waals surface area contributed by atoms with Crippen molar-refractivity contribution in [2.24, 2.45) is 0 Å². The molecule has 2 aliphatic rings. The maximum atomic E-state index is 12.9. The quantitative estimate of drug-likeness (QED) is 0.333. The summed E-state index contributed by atoms with van der Waals surface area (Å²) in [6.45, 7) is 2.97. The van der Waals surface area contributed by atoms with Crippen LogP contribution in [0.4, 0.5) is 5.69 Å². The van der Waals surface area contributed by atoms with Gasteiger partial charge in [0.2, 0.25) is 5.91 Å². The van der Waals surface area contributed by atoms with Crippen LogP contribution in [-0.4, -0.2) is 47.6 Å². The number of rotatable bonds is 8. The predicted molar refractivity (Wildman–Crippen MR) is 138 cm³/mol. The van der Waals surface area contributed by atoms with Gasteiger partial charge in [0.25, 0.3) is 11.8 Å². The summed E-state index contributed by atoms with van der Waals surface area (Å²) in [5, 5.41) is 2.88. The Kier molecular flexibility index (Phi) is 7.06. The Hall–Kier alpha value is -3.62. The number of thioether (sulfide) groups is 1. The molecule has 5 rings (SSSR count). The summed E-state index contributed by atoms with van der Waals surface area (Å²) in [6.07, 6.45) is 1.70. The maximum absolute atomic E-state index is 12.9. The van der Waals surface area contributed by atoms with E-state index in [9.17, 15) is 14.4 Å². The Morgan fingerprint density at radius 2 is 1.72 bits per heavy atom. The zero-order valence-corrected chi connectivity index (χ0v) is 20.7. The van der Waals surface area contributed by atoms with E-state index in [1.807, 2.05) is 31.2 Å². The van der Waals surface area contributed by atoms with Crippen LogP contribution < -0.4 is 10.1 Å². The molecule has 8 heteroatoms. The minimum Gasteiger partial charge on any atom is -0.457 e. The molecule has 0 spiro atoms. The second kappa shape index (κ2) is 10.6. The van der Waals surface area contributed by atoms with Crippen LogP contribution in [0.25, 0.3) is 0 Å². The lowest BCUT2D eigenvalue weighted by Gasteiger charge is -2.17. The maximum Gasteiger partial charge on any atom is 0.261 e. The van der Waals surface area contributed by atoms with E-state index in [2.05, 4.69) is 5.32 Å². The first kappa shape index (κ1) is 24.1. The number of amides is 3. The van der Waals surface area contributed by atoms with Gasteiger partial charge < -0.3 is 14.8 Å². The van der Waals surface area contributed by atoms with Gasteiger partial charge in [-0.15, -0.1) is 11.8 Å². The van der Waals surface area contributed by atoms with E-state index in [1.54, 1.807) is 42.5 Å². The summed E-state index contributed by atoms with van der Waals surface area (Å²) in [5.74, 6) is 0.613. The summed E-state index contributed by atoms with van der Waals surface area (Å²) in [4.78, 5) is 40.2. The number of benzene rings is 3. The second-order valence-electron chi connectivity index (χ2n) is 8.84. The van der Waals surface area contributed by atoms with Crippen LogP contribution in [0.15, 0.2) is 71.6 Å². The van der Waals surface area contributed by atoms with Crippen molar-refractivity contribution in [3.8, 4) is 11.5 Å². The van der Waals surface area contributed by atoms with E-state index in [1.165, 1.54) is 22.2 Å². The molecule has 36 heavy (non-hydrogen) atoms. The molecule has 2 aliphatic heterocycles. The van der Waals surface area contributed by atoms with Crippen LogP contribution in [0.3, 0.4) is 0 Å². The van der Waals surface area contributed by atoms with Crippen molar-refractivity contribution < 1.29 is 23.9 Å². The first-order chi connectivity index (χ1) is 17.5. The lowest BCUT2D eigenvalue weighted by atomic mass is 10.1. The summed E-state index contributed by atoms with van der Waals surface area (Å²) < 4.78 is 11.5. The second-order valence-corrected chi connectivity index (χ2v) is 9.89. The van der Waals surface area contributed by atoms with E-state index in [0.29, 0.717) is 40.7 Å². The van der Waals surface area contributed by atoms with Gasteiger partial charge in [-0.25, -0.2) is 0 Å². The number of carbonyl (C=O) groups excluding carboxylic acids is 3. The molecule has 1 saturated heterocycles. The topological polar surface area (TPSA) is 84.9 Å². The Balaban J connectivity index is 1.17. The van der Waals surface area contributed by atoms with E-state index in [0.717, 1.165) is 17.7 Å². The molecule has 1 fully saturated rings. The molecule has 0 bridgehead atoms. The van der Waals surface area contributed by atoms with Crippen LogP contribution in [0, 0.1) is 6.92 Å². The Bertz CT molecular complexity index is 1280. The fraction of sp³-hybridized carbons (Fsp3) is 0.250. The molecule has 184 valence electrons. The standard InChI is InChI=1S/C28H26N2O5S/c1-18-4-11-23(12-5-18)36-17-26(31)29-19-6-8-20(9-7-19)35-21-10-13-24-25(15-21)28(33)30(27(24)32)16-22-3-2-14-34-22/h4-13,15,22H,2-3,14,16-17H2,1H3,(H,29,31). The first-order valence-corrected chi connectivity index (χ1v) is 12.8. The first-order valence-electron chi connectivity index (χ1n) is 11.9. The number of carbonyl (C=O) groups is 3. The third-order valence-corrected chi connectivity index (χ3v) is 7.13. The van der Waals surface area contributed by atoms with Crippen LogP contribution in [0.5, 0.6) is 11.5 Å². The summed E-state index contributed by atoms with van der Waals surface area (Å²) in [5.41, 5.74) is 2.57. The molecule has 2 heterocycles. The lowest BCUT2D eigenvalue weighted by Crippen LogP contribution is -2.36. The van der Waals surface area contributed by atoms with Gasteiger partial charge in [-0.2, -0.15) is 0 Å². The number of ether oxygens (including phenoxy) is 2. The molecule has 1 atom stereocenters. The Labute approximate surface area is 213 Å². The number of fused-ring (bicyclic) bond motifs is 1. The highest BCUT2D eigenvalue weighted by Crippen LogP contribution is 2.31. The molecule has 0 radical (unpaired) electrons. The van der Waals surface area contributed by atoms with Crippen LogP contribution >= 0.6 is 11.8 Å². The van der Waals surface area contributed by atoms with Gasteiger partial charge in [-0.1, -0.05) is 17.7 Å². The number of hydrogen-bond donors (Lipinski definition) is 1. The molecular formula is C28H26N2O5S. The smallest absolute Gasteiger partial charge is 0.261 e. The highest BCUT2D eigenvalue weighted by atomic mass is 32.2. The number of imide groups is 1. The van der Waals surface area contributed by atoms with Crippen LogP contribution in [0.1, 0.15) is 39.1 Å². The zero-order valence-electron chi connectivity index (χ0n) is 19.9. The number of anilines is 1. The van der Waals surface area contributed by atoms with Gasteiger partial charge in [0, 0.05) is 17.2 Å². The number of nitrogens with zero attached hydrogens (tertiary/aromatic N) is 1. The zero-order chi connectivity index (χ0) is 25.1. The molecular weight excluding hydrogens is 476 g/mol. The largest absolute Gasteiger partial charge is 0.457 e. The molecule has 0 saturated carbocycles. The molecule has 3 amide bonds. The minimum atomic E-state index is -0.322. The minimum absolute atomic E-state index is 0.0939. The van der Waals surface area contributed by atoms with Crippen molar-refractivity contribution in [3.63, 3.8) is 0 Å². The van der Waals surface area contributed by atoms with Gasteiger partial charge in [0.15, 0.2) is 0 Å². The normalized spacial score (nSPS) is 16.8. The monoisotopic (exact) mass is 502 g/mol. The van der Waals surface area contributed by atoms with E-state index in [4.69, 9.17) is 9.47 Å². The molecule has 0 aliphatic carbocycles. The third kappa shape index (κ3) is 5.45. The summed E-state index contributed by atoms with van der Waals surface area (Å²) in [6, 6.07) is 20.0. The lowest BCUT2D eigenvalue weighted by molar-refractivity contribution is -0.113. The number of nitrogens with one attached hydrogen (secondary N) is 1. The third-order valence-electron chi connectivity index (χ3n) is 6.12. The van der Waals surface area contributed by atoms with Crippen LogP contribution in [0.2, 0.25) is 0 Å². The van der Waals surface area contributed by atoms with Crippen molar-refractivity contribution in [2.45, 2.75) is 30.8 Å². The highest BCUT2D eigenvalue weighted by molar-refractivity contribution is 8.00. The van der Waals surface area contributed by atoms with Crippen molar-refractivity contribution in [1.82, 2.24) is 4.90 Å². The average molecular weight is 503 g/mol. The summed E-state index contributed by atoms with van der Waals surface area (Å²) >= 11 is 1.48. The van der Waals surface area contributed by atoms with Crippen molar-refractivity contribution in [2.75, 3.05) is 24.2 Å². The summed E-state index contributed by atoms with van der Waals surface area (Å²) in [7, 11) is 0. The van der Waals surface area contributed by atoms with Gasteiger partial charge in [-0.3, -0.25) is 19.3 Å². The molecule has 7 nitrogen and oxygen atoms in total. The molecule has 3 aromatic rings. The SMILES string of the molecule is Cc1ccc(SCC(=O)Nc2ccc(Oc3ccc4c(c3)C(=O)N(CC3CCCO3)C4=O)cc2)cc1. The van der Waals surface area contributed by atoms with Gasteiger partial charge in [0.1, 0.15) is 11.5 Å². The molecule has 3 aromatic carbocycles. The fourth-order valence-electron chi connectivity index (χ4n) is 4.21. The van der Waals surface area contributed by atoms with Crippen molar-refractivity contribution in [1.29, 1.82) is 0 Å². The molecule has 1 unspecified atom stereocenters. The molecule has 0 aromatic heterocycles. The van der Waals surface area contributed by atoms with E-state index in [-0.39, 0.29) is 30.4 Å². The fourth-order valence-corrected chi connectivity index (χ4v) is 4.91. The van der Waals surface area contributed by atoms with Crippen molar-refractivity contribution >= 4 is 35.2 Å². The van der Waals surface area contributed by atoms with E-state index >= 15 is 0 Å². The average Bonchev–Trinajstić information content (AvgIpc) is 3.48.